The number of imidazole rings is 1. The predicted octanol–water partition coefficient (Wildman–Crippen LogP) is 1.71. The molecule has 0 saturated carbocycles. The predicted molar refractivity (Wildman–Crippen MR) is 71.1 cm³/mol. The molecular weight excluding hydrogens is 252 g/mol. The fourth-order valence-corrected chi connectivity index (χ4v) is 2.69. The number of nitrogens with zero attached hydrogens (tertiary/aromatic N) is 2. The molecule has 0 saturated heterocycles. The number of aromatic nitrogens is 2. The SMILES string of the molecule is CCS(=O)(=O)CCCC(O)c1cncn1C(C)C. The van der Waals surface area contributed by atoms with Crippen molar-refractivity contribution in [1.82, 2.24) is 9.55 Å². The molecule has 0 aliphatic rings. The van der Waals surface area contributed by atoms with Crippen molar-refractivity contribution in [1.29, 1.82) is 0 Å². The summed E-state index contributed by atoms with van der Waals surface area (Å²) in [5.74, 6) is 0.295. The van der Waals surface area contributed by atoms with E-state index in [1.807, 2.05) is 18.4 Å². The Morgan fingerprint density at radius 3 is 2.67 bits per heavy atom. The Hall–Kier alpha value is -0.880. The lowest BCUT2D eigenvalue weighted by molar-refractivity contribution is 0.156. The van der Waals surface area contributed by atoms with E-state index in [1.54, 1.807) is 19.4 Å². The van der Waals surface area contributed by atoms with Crippen LogP contribution in [0.15, 0.2) is 12.5 Å². The molecule has 104 valence electrons. The third kappa shape index (κ3) is 4.10. The number of hydrogen-bond donors (Lipinski definition) is 1. The molecule has 0 spiro atoms. The van der Waals surface area contributed by atoms with Gasteiger partial charge in [-0.25, -0.2) is 13.4 Å². The van der Waals surface area contributed by atoms with Gasteiger partial charge in [0.1, 0.15) is 9.84 Å². The van der Waals surface area contributed by atoms with Gasteiger partial charge in [-0.3, -0.25) is 0 Å². The fourth-order valence-electron chi connectivity index (χ4n) is 1.79. The van der Waals surface area contributed by atoms with Gasteiger partial charge in [0.05, 0.1) is 30.1 Å². The molecule has 18 heavy (non-hydrogen) atoms. The van der Waals surface area contributed by atoms with Crippen LogP contribution >= 0.6 is 0 Å². The van der Waals surface area contributed by atoms with Crippen LogP contribution in [0.2, 0.25) is 0 Å². The molecule has 1 atom stereocenters. The maximum absolute atomic E-state index is 11.3. The topological polar surface area (TPSA) is 72.2 Å². The summed E-state index contributed by atoms with van der Waals surface area (Å²) >= 11 is 0. The van der Waals surface area contributed by atoms with Gasteiger partial charge in [0.2, 0.25) is 0 Å². The van der Waals surface area contributed by atoms with Gasteiger partial charge >= 0.3 is 0 Å². The van der Waals surface area contributed by atoms with Crippen LogP contribution in [0.25, 0.3) is 0 Å². The van der Waals surface area contributed by atoms with Crippen LogP contribution < -0.4 is 0 Å². The molecule has 1 N–H and O–H groups in total. The molecule has 1 unspecified atom stereocenters. The zero-order valence-corrected chi connectivity index (χ0v) is 12.0. The third-order valence-electron chi connectivity index (χ3n) is 2.97. The van der Waals surface area contributed by atoms with E-state index in [2.05, 4.69) is 4.98 Å². The molecule has 1 aromatic rings. The Morgan fingerprint density at radius 1 is 1.44 bits per heavy atom. The summed E-state index contributed by atoms with van der Waals surface area (Å²) < 4.78 is 24.6. The summed E-state index contributed by atoms with van der Waals surface area (Å²) in [7, 11) is -2.94. The van der Waals surface area contributed by atoms with Crippen molar-refractivity contribution < 1.29 is 13.5 Å². The molecule has 1 heterocycles. The Morgan fingerprint density at radius 2 is 2.11 bits per heavy atom. The van der Waals surface area contributed by atoms with Gasteiger partial charge < -0.3 is 9.67 Å². The number of hydrogen-bond acceptors (Lipinski definition) is 4. The molecule has 1 rings (SSSR count). The van der Waals surface area contributed by atoms with Gasteiger partial charge in [0, 0.05) is 11.8 Å². The average molecular weight is 274 g/mol. The molecule has 6 heteroatoms. The van der Waals surface area contributed by atoms with Gasteiger partial charge in [-0.05, 0) is 26.7 Å². The lowest BCUT2D eigenvalue weighted by Gasteiger charge is -2.16. The number of sulfone groups is 1. The minimum absolute atomic E-state index is 0.135. The maximum Gasteiger partial charge on any atom is 0.150 e. The summed E-state index contributed by atoms with van der Waals surface area (Å²) in [6, 6.07) is 0.233. The first-order valence-electron chi connectivity index (χ1n) is 6.27. The van der Waals surface area contributed by atoms with E-state index < -0.39 is 15.9 Å². The first kappa shape index (κ1) is 15.2. The van der Waals surface area contributed by atoms with Gasteiger partial charge in [0.15, 0.2) is 0 Å². The largest absolute Gasteiger partial charge is 0.387 e. The van der Waals surface area contributed by atoms with E-state index in [0.29, 0.717) is 12.8 Å². The molecule has 5 nitrogen and oxygen atoms in total. The molecule has 0 bridgehead atoms. The van der Waals surface area contributed by atoms with Crippen LogP contribution in [0.5, 0.6) is 0 Å². The average Bonchev–Trinajstić information content (AvgIpc) is 2.77. The van der Waals surface area contributed by atoms with Crippen molar-refractivity contribution in [3.63, 3.8) is 0 Å². The van der Waals surface area contributed by atoms with Crippen LogP contribution in [0.4, 0.5) is 0 Å². The smallest absolute Gasteiger partial charge is 0.150 e. The molecule has 0 aliphatic heterocycles. The Bertz CT molecular complexity index is 465. The van der Waals surface area contributed by atoms with Crippen molar-refractivity contribution in [2.45, 2.75) is 45.8 Å². The van der Waals surface area contributed by atoms with Crippen LogP contribution in [0.1, 0.15) is 51.5 Å². The number of aliphatic hydroxyl groups excluding tert-OH is 1. The first-order chi connectivity index (χ1) is 8.37. The normalized spacial score (nSPS) is 14.1. The lowest BCUT2D eigenvalue weighted by Crippen LogP contribution is -2.12. The monoisotopic (exact) mass is 274 g/mol. The molecule has 0 radical (unpaired) electrons. The minimum atomic E-state index is -2.94. The van der Waals surface area contributed by atoms with E-state index in [9.17, 15) is 13.5 Å². The second-order valence-corrected chi connectivity index (χ2v) is 7.19. The van der Waals surface area contributed by atoms with Gasteiger partial charge in [-0.15, -0.1) is 0 Å². The van der Waals surface area contributed by atoms with E-state index in [0.717, 1.165) is 5.69 Å². The highest BCUT2D eigenvalue weighted by Crippen LogP contribution is 2.21. The zero-order chi connectivity index (χ0) is 13.8. The molecule has 0 fully saturated rings. The van der Waals surface area contributed by atoms with Gasteiger partial charge in [-0.1, -0.05) is 6.92 Å². The van der Waals surface area contributed by atoms with Crippen LogP contribution in [0.3, 0.4) is 0 Å². The molecule has 0 aliphatic carbocycles. The van der Waals surface area contributed by atoms with Crippen LogP contribution in [-0.2, 0) is 9.84 Å². The zero-order valence-electron chi connectivity index (χ0n) is 11.2. The first-order valence-corrected chi connectivity index (χ1v) is 8.09. The number of aliphatic hydroxyl groups is 1. The quantitative estimate of drug-likeness (QED) is 0.821. The second kappa shape index (κ2) is 6.33. The second-order valence-electron chi connectivity index (χ2n) is 4.71. The van der Waals surface area contributed by atoms with Crippen molar-refractivity contribution in [3.05, 3.63) is 18.2 Å². The highest BCUT2D eigenvalue weighted by Gasteiger charge is 2.16. The summed E-state index contributed by atoms with van der Waals surface area (Å²) in [5.41, 5.74) is 0.749. The summed E-state index contributed by atoms with van der Waals surface area (Å²) in [4.78, 5) is 4.02. The minimum Gasteiger partial charge on any atom is -0.387 e. The Labute approximate surface area is 109 Å². The molecule has 0 amide bonds. The van der Waals surface area contributed by atoms with Crippen LogP contribution in [0, 0.1) is 0 Å². The number of rotatable bonds is 7. The summed E-state index contributed by atoms with van der Waals surface area (Å²) in [6.07, 6.45) is 3.59. The molecule has 1 aromatic heterocycles. The van der Waals surface area contributed by atoms with Crippen LogP contribution in [-0.4, -0.2) is 34.6 Å². The summed E-state index contributed by atoms with van der Waals surface area (Å²) in [5, 5.41) is 10.1. The highest BCUT2D eigenvalue weighted by molar-refractivity contribution is 7.91. The maximum atomic E-state index is 11.3. The lowest BCUT2D eigenvalue weighted by atomic mass is 10.1. The van der Waals surface area contributed by atoms with Crippen molar-refractivity contribution in [2.75, 3.05) is 11.5 Å². The molecular formula is C12H22N2O3S. The van der Waals surface area contributed by atoms with E-state index in [-0.39, 0.29) is 17.5 Å². The standard InChI is InChI=1S/C12H22N2O3S/c1-4-18(16,17)7-5-6-12(15)11-8-13-9-14(11)10(2)3/h8-10,12,15H,4-7H2,1-3H3. The van der Waals surface area contributed by atoms with Crippen molar-refractivity contribution >= 4 is 9.84 Å². The van der Waals surface area contributed by atoms with E-state index in [1.165, 1.54) is 0 Å². The summed E-state index contributed by atoms with van der Waals surface area (Å²) in [6.45, 7) is 5.67. The Kier molecular flexibility index (Phi) is 5.34. The highest BCUT2D eigenvalue weighted by atomic mass is 32.2. The van der Waals surface area contributed by atoms with Gasteiger partial charge in [0.25, 0.3) is 0 Å². The van der Waals surface area contributed by atoms with Gasteiger partial charge in [-0.2, -0.15) is 0 Å². The Balaban J connectivity index is 2.56. The van der Waals surface area contributed by atoms with Crippen molar-refractivity contribution in [2.24, 2.45) is 0 Å². The van der Waals surface area contributed by atoms with E-state index >= 15 is 0 Å². The van der Waals surface area contributed by atoms with E-state index in [4.69, 9.17) is 0 Å². The molecule has 0 aromatic carbocycles. The fraction of sp³-hybridized carbons (Fsp3) is 0.750. The third-order valence-corrected chi connectivity index (χ3v) is 4.76. The van der Waals surface area contributed by atoms with Crippen molar-refractivity contribution in [3.8, 4) is 0 Å².